The molecule has 0 amide bonds. The zero-order valence-electron chi connectivity index (χ0n) is 9.63. The lowest BCUT2D eigenvalue weighted by Gasteiger charge is -2.22. The molecule has 84 valence electrons. The first-order valence-corrected chi connectivity index (χ1v) is 5.88. The zero-order valence-corrected chi connectivity index (χ0v) is 9.63. The van der Waals surface area contributed by atoms with Gasteiger partial charge >= 0.3 is 0 Å². The van der Waals surface area contributed by atoms with Crippen molar-refractivity contribution in [3.8, 4) is 0 Å². The molecule has 1 aliphatic rings. The van der Waals surface area contributed by atoms with E-state index in [1.807, 2.05) is 30.3 Å². The van der Waals surface area contributed by atoms with Crippen molar-refractivity contribution in [1.82, 2.24) is 0 Å². The highest BCUT2D eigenvalue weighted by atomic mass is 16.3. The van der Waals surface area contributed by atoms with Gasteiger partial charge < -0.3 is 5.11 Å². The van der Waals surface area contributed by atoms with Crippen LogP contribution in [-0.4, -0.2) is 5.11 Å². The fraction of sp³-hybridized carbons (Fsp3) is 0.333. The maximum Gasteiger partial charge on any atom is 0.0855 e. The Hall–Kier alpha value is -1.34. The maximum absolute atomic E-state index is 10.3. The summed E-state index contributed by atoms with van der Waals surface area (Å²) in [6.07, 6.45) is 8.37. The van der Waals surface area contributed by atoms with Crippen molar-refractivity contribution >= 4 is 0 Å². The van der Waals surface area contributed by atoms with Gasteiger partial charge in [0.2, 0.25) is 0 Å². The molecule has 1 nitrogen and oxygen atoms in total. The minimum atomic E-state index is -0.407. The van der Waals surface area contributed by atoms with Crippen LogP contribution in [0, 0.1) is 5.92 Å². The molecular formula is C15H18O. The summed E-state index contributed by atoms with van der Waals surface area (Å²) in [5, 5.41) is 10.3. The number of aliphatic hydroxyl groups is 1. The number of benzene rings is 1. The maximum atomic E-state index is 10.3. The highest BCUT2D eigenvalue weighted by Crippen LogP contribution is 2.29. The molecule has 0 saturated heterocycles. The van der Waals surface area contributed by atoms with Crippen LogP contribution < -0.4 is 0 Å². The third-order valence-electron chi connectivity index (χ3n) is 3.16. The Kier molecular flexibility index (Phi) is 3.58. The number of allylic oxidation sites excluding steroid dienone is 3. The van der Waals surface area contributed by atoms with Gasteiger partial charge in [0.1, 0.15) is 0 Å². The van der Waals surface area contributed by atoms with Gasteiger partial charge in [0.25, 0.3) is 0 Å². The molecule has 1 aromatic rings. The first-order valence-electron chi connectivity index (χ1n) is 5.88. The van der Waals surface area contributed by atoms with Gasteiger partial charge in [-0.15, -0.1) is 0 Å². The van der Waals surface area contributed by atoms with E-state index in [9.17, 15) is 5.11 Å². The van der Waals surface area contributed by atoms with Gasteiger partial charge in [0, 0.05) is 5.92 Å². The van der Waals surface area contributed by atoms with E-state index in [0.717, 1.165) is 18.4 Å². The molecule has 1 unspecified atom stereocenters. The second-order valence-corrected chi connectivity index (χ2v) is 4.33. The standard InChI is InChI=1S/C15H18O/c1-12(13-8-4-2-5-9-13)15(16)14-10-6-3-7-11-14/h3-4,6-12,15-16H,2,5H2,1H3/t12-,15?/m0/s1. The van der Waals surface area contributed by atoms with Gasteiger partial charge in [0.05, 0.1) is 6.10 Å². The van der Waals surface area contributed by atoms with Crippen molar-refractivity contribution in [2.45, 2.75) is 25.9 Å². The van der Waals surface area contributed by atoms with E-state index >= 15 is 0 Å². The lowest BCUT2D eigenvalue weighted by Crippen LogP contribution is -2.11. The van der Waals surface area contributed by atoms with Gasteiger partial charge in [-0.3, -0.25) is 0 Å². The van der Waals surface area contributed by atoms with E-state index < -0.39 is 6.10 Å². The molecule has 2 rings (SSSR count). The first-order chi connectivity index (χ1) is 7.79. The molecule has 2 atom stereocenters. The summed E-state index contributed by atoms with van der Waals surface area (Å²) < 4.78 is 0. The Balaban J connectivity index is 2.13. The van der Waals surface area contributed by atoms with Crippen molar-refractivity contribution in [1.29, 1.82) is 0 Å². The Bertz CT molecular complexity index is 389. The largest absolute Gasteiger partial charge is 0.388 e. The molecule has 0 aliphatic heterocycles. The number of hydrogen-bond acceptors (Lipinski definition) is 1. The van der Waals surface area contributed by atoms with Gasteiger partial charge in [0.15, 0.2) is 0 Å². The summed E-state index contributed by atoms with van der Waals surface area (Å²) in [6, 6.07) is 9.87. The van der Waals surface area contributed by atoms with Gasteiger partial charge in [-0.2, -0.15) is 0 Å². The van der Waals surface area contributed by atoms with Crippen molar-refractivity contribution in [2.24, 2.45) is 5.92 Å². The quantitative estimate of drug-likeness (QED) is 0.814. The third kappa shape index (κ3) is 2.42. The number of aliphatic hydroxyl groups excluding tert-OH is 1. The minimum absolute atomic E-state index is 0.166. The van der Waals surface area contributed by atoms with Crippen LogP contribution in [0.25, 0.3) is 0 Å². The Labute approximate surface area is 97.1 Å². The minimum Gasteiger partial charge on any atom is -0.388 e. The molecule has 1 N–H and O–H groups in total. The lowest BCUT2D eigenvalue weighted by molar-refractivity contribution is 0.136. The number of rotatable bonds is 3. The molecule has 0 heterocycles. The molecule has 0 saturated carbocycles. The second kappa shape index (κ2) is 5.13. The Morgan fingerprint density at radius 2 is 1.88 bits per heavy atom. The molecule has 0 spiro atoms. The van der Waals surface area contributed by atoms with Crippen molar-refractivity contribution in [3.63, 3.8) is 0 Å². The SMILES string of the molecule is C[C@@H](C1=CCCC=C1)C(O)c1ccccc1. The topological polar surface area (TPSA) is 20.2 Å². The average molecular weight is 214 g/mol. The predicted molar refractivity (Wildman–Crippen MR) is 67.0 cm³/mol. The molecule has 0 bridgehead atoms. The lowest BCUT2D eigenvalue weighted by atomic mass is 9.88. The van der Waals surface area contributed by atoms with Crippen LogP contribution >= 0.6 is 0 Å². The Morgan fingerprint density at radius 1 is 1.12 bits per heavy atom. The van der Waals surface area contributed by atoms with E-state index in [-0.39, 0.29) is 5.92 Å². The van der Waals surface area contributed by atoms with Crippen LogP contribution in [0.1, 0.15) is 31.4 Å². The number of hydrogen-bond donors (Lipinski definition) is 1. The summed E-state index contributed by atoms with van der Waals surface area (Å²) in [5.74, 6) is 0.166. The average Bonchev–Trinajstić information content (AvgIpc) is 2.39. The second-order valence-electron chi connectivity index (χ2n) is 4.33. The van der Waals surface area contributed by atoms with Crippen molar-refractivity contribution < 1.29 is 5.11 Å². The van der Waals surface area contributed by atoms with E-state index in [1.165, 1.54) is 5.57 Å². The van der Waals surface area contributed by atoms with Crippen LogP contribution in [0.5, 0.6) is 0 Å². The van der Waals surface area contributed by atoms with E-state index in [1.54, 1.807) is 0 Å². The molecule has 0 radical (unpaired) electrons. The zero-order chi connectivity index (χ0) is 11.4. The summed E-state index contributed by atoms with van der Waals surface area (Å²) in [4.78, 5) is 0. The van der Waals surface area contributed by atoms with Crippen LogP contribution in [0.2, 0.25) is 0 Å². The smallest absolute Gasteiger partial charge is 0.0855 e. The van der Waals surface area contributed by atoms with Crippen LogP contribution in [0.15, 0.2) is 54.1 Å². The summed E-state index contributed by atoms with van der Waals surface area (Å²) in [5.41, 5.74) is 2.25. The normalized spacial score (nSPS) is 19.0. The van der Waals surface area contributed by atoms with Gasteiger partial charge in [-0.05, 0) is 24.0 Å². The summed E-state index contributed by atoms with van der Waals surface area (Å²) in [7, 11) is 0. The summed E-state index contributed by atoms with van der Waals surface area (Å²) in [6.45, 7) is 2.08. The van der Waals surface area contributed by atoms with Crippen molar-refractivity contribution in [3.05, 3.63) is 59.7 Å². The predicted octanol–water partition coefficient (Wildman–Crippen LogP) is 3.63. The van der Waals surface area contributed by atoms with Crippen LogP contribution in [0.4, 0.5) is 0 Å². The molecule has 0 fully saturated rings. The molecular weight excluding hydrogens is 196 g/mol. The monoisotopic (exact) mass is 214 g/mol. The van der Waals surface area contributed by atoms with Gasteiger partial charge in [-0.1, -0.05) is 55.5 Å². The van der Waals surface area contributed by atoms with Gasteiger partial charge in [-0.25, -0.2) is 0 Å². The highest BCUT2D eigenvalue weighted by Gasteiger charge is 2.19. The Morgan fingerprint density at radius 3 is 2.50 bits per heavy atom. The molecule has 16 heavy (non-hydrogen) atoms. The molecule has 0 aromatic heterocycles. The van der Waals surface area contributed by atoms with E-state index in [0.29, 0.717) is 0 Å². The fourth-order valence-electron chi connectivity index (χ4n) is 2.09. The highest BCUT2D eigenvalue weighted by molar-refractivity contribution is 5.28. The molecule has 1 aliphatic carbocycles. The van der Waals surface area contributed by atoms with E-state index in [4.69, 9.17) is 0 Å². The van der Waals surface area contributed by atoms with E-state index in [2.05, 4.69) is 25.2 Å². The van der Waals surface area contributed by atoms with Crippen LogP contribution in [-0.2, 0) is 0 Å². The fourth-order valence-corrected chi connectivity index (χ4v) is 2.09. The van der Waals surface area contributed by atoms with Crippen molar-refractivity contribution in [2.75, 3.05) is 0 Å². The third-order valence-corrected chi connectivity index (χ3v) is 3.16. The van der Waals surface area contributed by atoms with Crippen LogP contribution in [0.3, 0.4) is 0 Å². The molecule has 1 heteroatoms. The first kappa shape index (κ1) is 11.2. The molecule has 1 aromatic carbocycles. The summed E-state index contributed by atoms with van der Waals surface area (Å²) >= 11 is 0.